The van der Waals surface area contributed by atoms with Crippen molar-refractivity contribution in [2.75, 3.05) is 13.2 Å². The molecule has 1 aromatic rings. The fourth-order valence-corrected chi connectivity index (χ4v) is 2.47. The first-order valence-corrected chi connectivity index (χ1v) is 7.46. The summed E-state index contributed by atoms with van der Waals surface area (Å²) in [5.74, 6) is 0. The van der Waals surface area contributed by atoms with Crippen LogP contribution in [0.1, 0.15) is 18.4 Å². The number of nitrogens with one attached hydrogen (secondary N) is 2. The van der Waals surface area contributed by atoms with Gasteiger partial charge in [0, 0.05) is 18.7 Å². The van der Waals surface area contributed by atoms with Crippen LogP contribution in [0.25, 0.3) is 0 Å². The van der Waals surface area contributed by atoms with Crippen LogP contribution >= 0.6 is 35.4 Å². The Morgan fingerprint density at radius 3 is 2.85 bits per heavy atom. The third-order valence-electron chi connectivity index (χ3n) is 2.87. The largest absolute Gasteiger partial charge is 0.376 e. The first-order chi connectivity index (χ1) is 9.66. The molecule has 0 aromatic heterocycles. The number of nitrogens with zero attached hydrogens (tertiary/aromatic N) is 1. The average molecular weight is 332 g/mol. The number of thiocarbonyl (C=S) groups is 1. The molecule has 1 atom stereocenters. The highest BCUT2D eigenvalue weighted by atomic mass is 35.5. The van der Waals surface area contributed by atoms with E-state index in [-0.39, 0.29) is 6.10 Å². The van der Waals surface area contributed by atoms with Crippen molar-refractivity contribution in [2.24, 2.45) is 5.10 Å². The van der Waals surface area contributed by atoms with E-state index in [1.165, 1.54) is 0 Å². The minimum atomic E-state index is 0.233. The lowest BCUT2D eigenvalue weighted by molar-refractivity contribution is 0.114. The topological polar surface area (TPSA) is 45.6 Å². The van der Waals surface area contributed by atoms with Gasteiger partial charge in [0.2, 0.25) is 0 Å². The van der Waals surface area contributed by atoms with Gasteiger partial charge in [-0.2, -0.15) is 5.10 Å². The van der Waals surface area contributed by atoms with Crippen LogP contribution in [0.4, 0.5) is 0 Å². The molecule has 1 aliphatic rings. The molecule has 2 rings (SSSR count). The first kappa shape index (κ1) is 15.5. The molecule has 0 aliphatic carbocycles. The molecule has 0 amide bonds. The second kappa shape index (κ2) is 7.78. The van der Waals surface area contributed by atoms with Crippen LogP contribution in [0.5, 0.6) is 0 Å². The second-order valence-corrected chi connectivity index (χ2v) is 5.57. The Morgan fingerprint density at radius 2 is 2.20 bits per heavy atom. The number of ether oxygens (including phenoxy) is 1. The normalized spacial score (nSPS) is 18.4. The average Bonchev–Trinajstić information content (AvgIpc) is 2.93. The molecule has 0 spiro atoms. The van der Waals surface area contributed by atoms with Crippen LogP contribution in [0.2, 0.25) is 10.0 Å². The van der Waals surface area contributed by atoms with E-state index >= 15 is 0 Å². The van der Waals surface area contributed by atoms with E-state index in [0.29, 0.717) is 27.3 Å². The second-order valence-electron chi connectivity index (χ2n) is 4.35. The minimum absolute atomic E-state index is 0.233. The maximum Gasteiger partial charge on any atom is 0.187 e. The van der Waals surface area contributed by atoms with Crippen LogP contribution in [0.15, 0.2) is 23.3 Å². The number of benzene rings is 1. The first-order valence-electron chi connectivity index (χ1n) is 6.29. The van der Waals surface area contributed by atoms with Gasteiger partial charge < -0.3 is 10.1 Å². The van der Waals surface area contributed by atoms with Gasteiger partial charge in [-0.15, -0.1) is 0 Å². The van der Waals surface area contributed by atoms with E-state index in [9.17, 15) is 0 Å². The Labute approximate surface area is 133 Å². The molecule has 0 bridgehead atoms. The molecule has 7 heteroatoms. The van der Waals surface area contributed by atoms with Crippen molar-refractivity contribution in [2.45, 2.75) is 18.9 Å². The van der Waals surface area contributed by atoms with Crippen molar-refractivity contribution in [3.63, 3.8) is 0 Å². The van der Waals surface area contributed by atoms with Crippen molar-refractivity contribution in [3.8, 4) is 0 Å². The van der Waals surface area contributed by atoms with Crippen molar-refractivity contribution in [3.05, 3.63) is 33.8 Å². The summed E-state index contributed by atoms with van der Waals surface area (Å²) in [6.07, 6.45) is 3.95. The summed E-state index contributed by atoms with van der Waals surface area (Å²) < 4.78 is 5.49. The van der Waals surface area contributed by atoms with Crippen molar-refractivity contribution in [1.29, 1.82) is 0 Å². The lowest BCUT2D eigenvalue weighted by atomic mass is 10.2. The quantitative estimate of drug-likeness (QED) is 0.506. The van der Waals surface area contributed by atoms with Gasteiger partial charge in [0.1, 0.15) is 0 Å². The van der Waals surface area contributed by atoms with E-state index < -0.39 is 0 Å². The van der Waals surface area contributed by atoms with Gasteiger partial charge in [0.25, 0.3) is 0 Å². The van der Waals surface area contributed by atoms with Gasteiger partial charge in [0.05, 0.1) is 22.4 Å². The Bertz CT molecular complexity index is 484. The molecule has 1 aromatic carbocycles. The SMILES string of the molecule is S=C(NCC1CCCO1)NN=Cc1c(Cl)cccc1Cl. The third-order valence-corrected chi connectivity index (χ3v) is 3.77. The number of hydrazone groups is 1. The minimum Gasteiger partial charge on any atom is -0.376 e. The highest BCUT2D eigenvalue weighted by Gasteiger charge is 2.14. The number of hydrogen-bond donors (Lipinski definition) is 2. The maximum atomic E-state index is 6.02. The molecule has 1 aliphatic heterocycles. The van der Waals surface area contributed by atoms with Crippen molar-refractivity contribution < 1.29 is 4.74 Å². The van der Waals surface area contributed by atoms with E-state index in [1.807, 2.05) is 0 Å². The zero-order chi connectivity index (χ0) is 14.4. The van der Waals surface area contributed by atoms with Crippen LogP contribution in [0.3, 0.4) is 0 Å². The highest BCUT2D eigenvalue weighted by Crippen LogP contribution is 2.21. The van der Waals surface area contributed by atoms with Crippen LogP contribution in [-0.2, 0) is 4.74 Å². The number of hydrogen-bond acceptors (Lipinski definition) is 3. The van der Waals surface area contributed by atoms with Crippen LogP contribution in [0, 0.1) is 0 Å². The van der Waals surface area contributed by atoms with Gasteiger partial charge in [-0.25, -0.2) is 0 Å². The highest BCUT2D eigenvalue weighted by molar-refractivity contribution is 7.80. The molecule has 1 unspecified atom stereocenters. The molecule has 2 N–H and O–H groups in total. The molecule has 108 valence electrons. The van der Waals surface area contributed by atoms with E-state index in [1.54, 1.807) is 24.4 Å². The van der Waals surface area contributed by atoms with E-state index in [2.05, 4.69) is 15.8 Å². The molecule has 1 fully saturated rings. The summed E-state index contributed by atoms with van der Waals surface area (Å²) in [7, 11) is 0. The summed E-state index contributed by atoms with van der Waals surface area (Å²) in [6, 6.07) is 5.29. The molecule has 0 radical (unpaired) electrons. The zero-order valence-corrected chi connectivity index (χ0v) is 13.1. The Balaban J connectivity index is 1.79. The van der Waals surface area contributed by atoms with Gasteiger partial charge >= 0.3 is 0 Å². The predicted molar refractivity (Wildman–Crippen MR) is 86.8 cm³/mol. The summed E-state index contributed by atoms with van der Waals surface area (Å²) in [6.45, 7) is 1.52. The van der Waals surface area contributed by atoms with Gasteiger partial charge in [-0.3, -0.25) is 5.43 Å². The Morgan fingerprint density at radius 1 is 1.45 bits per heavy atom. The summed E-state index contributed by atoms with van der Waals surface area (Å²) in [5, 5.41) is 8.61. The number of halogens is 2. The summed E-state index contributed by atoms with van der Waals surface area (Å²) in [5.41, 5.74) is 3.38. The van der Waals surface area contributed by atoms with Crippen molar-refractivity contribution in [1.82, 2.24) is 10.7 Å². The smallest absolute Gasteiger partial charge is 0.187 e. The third kappa shape index (κ3) is 4.59. The fraction of sp³-hybridized carbons (Fsp3) is 0.385. The lowest BCUT2D eigenvalue weighted by Gasteiger charge is -2.11. The molecular weight excluding hydrogens is 317 g/mol. The molecule has 4 nitrogen and oxygen atoms in total. The number of rotatable bonds is 4. The molecule has 20 heavy (non-hydrogen) atoms. The standard InChI is InChI=1S/C13H15Cl2N3OS/c14-11-4-1-5-12(15)10(11)8-17-18-13(20)16-7-9-3-2-6-19-9/h1,4-5,8-9H,2-3,6-7H2,(H2,16,18,20). The molecule has 1 saturated heterocycles. The van der Waals surface area contributed by atoms with E-state index in [0.717, 1.165) is 19.4 Å². The summed E-state index contributed by atoms with van der Waals surface area (Å²) in [4.78, 5) is 0. The van der Waals surface area contributed by atoms with Crippen LogP contribution in [-0.4, -0.2) is 30.6 Å². The lowest BCUT2D eigenvalue weighted by Crippen LogP contribution is -2.37. The summed E-state index contributed by atoms with van der Waals surface area (Å²) >= 11 is 17.2. The van der Waals surface area contributed by atoms with Crippen molar-refractivity contribution >= 4 is 46.7 Å². The molecule has 1 heterocycles. The Hall–Kier alpha value is -0.880. The Kier molecular flexibility index (Phi) is 6.04. The fourth-order valence-electron chi connectivity index (χ4n) is 1.84. The van der Waals surface area contributed by atoms with Gasteiger partial charge in [-0.1, -0.05) is 29.3 Å². The molecular formula is C13H15Cl2N3OS. The monoisotopic (exact) mass is 331 g/mol. The van der Waals surface area contributed by atoms with E-state index in [4.69, 9.17) is 40.2 Å². The zero-order valence-electron chi connectivity index (χ0n) is 10.7. The van der Waals surface area contributed by atoms with Crippen LogP contribution < -0.4 is 10.7 Å². The van der Waals surface area contributed by atoms with Gasteiger partial charge in [0.15, 0.2) is 5.11 Å². The predicted octanol–water partition coefficient (Wildman–Crippen LogP) is 2.97. The maximum absolute atomic E-state index is 6.02. The van der Waals surface area contributed by atoms with Gasteiger partial charge in [-0.05, 0) is 37.2 Å². The molecule has 0 saturated carbocycles.